The summed E-state index contributed by atoms with van der Waals surface area (Å²) in [5.74, 6) is 3.20. The molecule has 0 amide bonds. The van der Waals surface area contributed by atoms with E-state index in [1.807, 2.05) is 12.1 Å². The zero-order valence-electron chi connectivity index (χ0n) is 11.0. The zero-order chi connectivity index (χ0) is 13.2. The molecule has 1 N–H and O–H groups in total. The van der Waals surface area contributed by atoms with Gasteiger partial charge in [-0.15, -0.1) is 0 Å². The maximum Gasteiger partial charge on any atom is 0.134 e. The van der Waals surface area contributed by atoms with Crippen LogP contribution in [0.25, 0.3) is 11.3 Å². The van der Waals surface area contributed by atoms with Gasteiger partial charge in [0.1, 0.15) is 17.3 Å². The summed E-state index contributed by atoms with van der Waals surface area (Å²) >= 11 is 0. The van der Waals surface area contributed by atoms with E-state index >= 15 is 0 Å². The van der Waals surface area contributed by atoms with Crippen molar-refractivity contribution in [1.29, 1.82) is 0 Å². The Morgan fingerprint density at radius 1 is 1.21 bits per heavy atom. The minimum absolute atomic E-state index is 0.226. The van der Waals surface area contributed by atoms with Crippen molar-refractivity contribution in [2.24, 2.45) is 11.8 Å². The topological polar surface area (TPSA) is 25.2 Å². The van der Waals surface area contributed by atoms with Crippen LogP contribution in [0.5, 0.6) is 0 Å². The van der Waals surface area contributed by atoms with Crippen LogP contribution in [0.4, 0.5) is 4.39 Å². The average molecular weight is 259 g/mol. The summed E-state index contributed by atoms with van der Waals surface area (Å²) in [5, 5.41) is 3.41. The molecule has 1 aromatic heterocycles. The van der Waals surface area contributed by atoms with Crippen molar-refractivity contribution in [2.45, 2.75) is 19.9 Å². The van der Waals surface area contributed by atoms with Crippen molar-refractivity contribution in [3.05, 3.63) is 48.0 Å². The lowest BCUT2D eigenvalue weighted by Crippen LogP contribution is -2.16. The van der Waals surface area contributed by atoms with Crippen LogP contribution in [0.3, 0.4) is 0 Å². The Morgan fingerprint density at radius 2 is 1.95 bits per heavy atom. The van der Waals surface area contributed by atoms with E-state index in [4.69, 9.17) is 4.42 Å². The van der Waals surface area contributed by atoms with Gasteiger partial charge >= 0.3 is 0 Å². The van der Waals surface area contributed by atoms with Crippen molar-refractivity contribution in [3.63, 3.8) is 0 Å². The van der Waals surface area contributed by atoms with Gasteiger partial charge in [-0.1, -0.05) is 6.92 Å². The predicted octanol–water partition coefficient (Wildman–Crippen LogP) is 3.83. The average Bonchev–Trinajstić information content (AvgIpc) is 2.90. The smallest absolute Gasteiger partial charge is 0.134 e. The van der Waals surface area contributed by atoms with E-state index in [0.29, 0.717) is 0 Å². The zero-order valence-corrected chi connectivity index (χ0v) is 11.0. The summed E-state index contributed by atoms with van der Waals surface area (Å²) in [6, 6.07) is 10.3. The van der Waals surface area contributed by atoms with Crippen LogP contribution in [0.15, 0.2) is 40.8 Å². The van der Waals surface area contributed by atoms with Crippen molar-refractivity contribution in [2.75, 3.05) is 6.54 Å². The fourth-order valence-corrected chi connectivity index (χ4v) is 2.31. The van der Waals surface area contributed by atoms with Gasteiger partial charge in [-0.05, 0) is 61.2 Å². The summed E-state index contributed by atoms with van der Waals surface area (Å²) in [6.07, 6.45) is 1.34. The highest BCUT2D eigenvalue weighted by atomic mass is 19.1. The van der Waals surface area contributed by atoms with Gasteiger partial charge in [0.05, 0.1) is 6.54 Å². The van der Waals surface area contributed by atoms with Crippen molar-refractivity contribution in [1.82, 2.24) is 5.32 Å². The van der Waals surface area contributed by atoms with Gasteiger partial charge in [-0.3, -0.25) is 0 Å². The number of nitrogens with one attached hydrogen (secondary N) is 1. The van der Waals surface area contributed by atoms with Crippen molar-refractivity contribution >= 4 is 0 Å². The number of hydrogen-bond donors (Lipinski definition) is 1. The van der Waals surface area contributed by atoms with Gasteiger partial charge < -0.3 is 9.73 Å². The summed E-state index contributed by atoms with van der Waals surface area (Å²) in [6.45, 7) is 4.10. The first-order valence-corrected chi connectivity index (χ1v) is 6.78. The van der Waals surface area contributed by atoms with Gasteiger partial charge in [0.2, 0.25) is 0 Å². The molecule has 1 aliphatic carbocycles. The summed E-state index contributed by atoms with van der Waals surface area (Å²) in [4.78, 5) is 0. The molecule has 2 atom stereocenters. The lowest BCUT2D eigenvalue weighted by atomic mass is 10.2. The Kier molecular flexibility index (Phi) is 3.38. The Labute approximate surface area is 112 Å². The van der Waals surface area contributed by atoms with Gasteiger partial charge in [-0.2, -0.15) is 0 Å². The number of benzene rings is 1. The quantitative estimate of drug-likeness (QED) is 0.882. The first-order chi connectivity index (χ1) is 9.22. The molecule has 2 unspecified atom stereocenters. The number of hydrogen-bond acceptors (Lipinski definition) is 2. The normalized spacial score (nSPS) is 21.6. The summed E-state index contributed by atoms with van der Waals surface area (Å²) in [7, 11) is 0. The Hall–Kier alpha value is -1.61. The fraction of sp³-hybridized carbons (Fsp3) is 0.375. The largest absolute Gasteiger partial charge is 0.460 e. The van der Waals surface area contributed by atoms with Gasteiger partial charge in [0, 0.05) is 5.56 Å². The highest BCUT2D eigenvalue weighted by Gasteiger charge is 2.31. The summed E-state index contributed by atoms with van der Waals surface area (Å²) < 4.78 is 18.6. The summed E-state index contributed by atoms with van der Waals surface area (Å²) in [5.41, 5.74) is 0.906. The molecule has 1 saturated carbocycles. The van der Waals surface area contributed by atoms with Crippen molar-refractivity contribution in [3.8, 4) is 11.3 Å². The van der Waals surface area contributed by atoms with Crippen LogP contribution in [-0.2, 0) is 6.54 Å². The van der Waals surface area contributed by atoms with E-state index in [2.05, 4.69) is 12.2 Å². The second-order valence-electron chi connectivity index (χ2n) is 5.38. The second kappa shape index (κ2) is 5.17. The maximum atomic E-state index is 12.8. The van der Waals surface area contributed by atoms with E-state index in [1.54, 1.807) is 12.1 Å². The molecule has 0 radical (unpaired) electrons. The molecule has 3 heteroatoms. The first kappa shape index (κ1) is 12.4. The van der Waals surface area contributed by atoms with E-state index in [0.717, 1.165) is 42.0 Å². The molecular formula is C16H18FNO. The third kappa shape index (κ3) is 3.04. The molecule has 2 nitrogen and oxygen atoms in total. The van der Waals surface area contributed by atoms with Crippen LogP contribution in [0.2, 0.25) is 0 Å². The molecule has 1 aromatic carbocycles. The lowest BCUT2D eigenvalue weighted by Gasteiger charge is -2.01. The van der Waals surface area contributed by atoms with E-state index in [1.165, 1.54) is 18.6 Å². The van der Waals surface area contributed by atoms with E-state index in [-0.39, 0.29) is 5.82 Å². The molecule has 100 valence electrons. The van der Waals surface area contributed by atoms with Crippen LogP contribution in [0.1, 0.15) is 19.1 Å². The van der Waals surface area contributed by atoms with Crippen LogP contribution in [-0.4, -0.2) is 6.54 Å². The SMILES string of the molecule is CC1CC1CNCc1ccc(-c2ccc(F)cc2)o1. The van der Waals surface area contributed by atoms with E-state index in [9.17, 15) is 4.39 Å². The molecule has 1 fully saturated rings. The standard InChI is InChI=1S/C16H18FNO/c1-11-8-13(11)9-18-10-15-6-7-16(19-15)12-2-4-14(17)5-3-12/h2-7,11,13,18H,8-10H2,1H3. The van der Waals surface area contributed by atoms with Crippen LogP contribution >= 0.6 is 0 Å². The molecule has 2 aromatic rings. The second-order valence-corrected chi connectivity index (χ2v) is 5.38. The monoisotopic (exact) mass is 259 g/mol. The Balaban J connectivity index is 1.58. The first-order valence-electron chi connectivity index (χ1n) is 6.78. The van der Waals surface area contributed by atoms with E-state index < -0.39 is 0 Å². The fourth-order valence-electron chi connectivity index (χ4n) is 2.31. The Bertz CT molecular complexity index is 546. The minimum atomic E-state index is -0.226. The third-order valence-electron chi connectivity index (χ3n) is 3.77. The minimum Gasteiger partial charge on any atom is -0.460 e. The lowest BCUT2D eigenvalue weighted by molar-refractivity contribution is 0.485. The molecule has 1 aliphatic rings. The van der Waals surface area contributed by atoms with Gasteiger partial charge in [0.25, 0.3) is 0 Å². The molecule has 0 bridgehead atoms. The molecule has 0 spiro atoms. The number of halogens is 1. The molecule has 3 rings (SSSR count). The molecule has 0 saturated heterocycles. The molecule has 19 heavy (non-hydrogen) atoms. The van der Waals surface area contributed by atoms with Crippen LogP contribution in [0, 0.1) is 17.7 Å². The highest BCUT2D eigenvalue weighted by Crippen LogP contribution is 2.36. The van der Waals surface area contributed by atoms with Gasteiger partial charge in [0.15, 0.2) is 0 Å². The number of rotatable bonds is 5. The molecule has 0 aliphatic heterocycles. The maximum absolute atomic E-state index is 12.8. The van der Waals surface area contributed by atoms with Gasteiger partial charge in [-0.25, -0.2) is 4.39 Å². The van der Waals surface area contributed by atoms with Crippen LogP contribution < -0.4 is 5.32 Å². The predicted molar refractivity (Wildman–Crippen MR) is 73.1 cm³/mol. The molecule has 1 heterocycles. The Morgan fingerprint density at radius 3 is 2.63 bits per heavy atom. The highest BCUT2D eigenvalue weighted by molar-refractivity contribution is 5.57. The number of furan rings is 1. The van der Waals surface area contributed by atoms with Crippen molar-refractivity contribution < 1.29 is 8.81 Å². The molecular weight excluding hydrogens is 241 g/mol. The third-order valence-corrected chi connectivity index (χ3v) is 3.77.